The third kappa shape index (κ3) is 4.33. The number of nitrogens with one attached hydrogen (secondary N) is 1. The highest BCUT2D eigenvalue weighted by molar-refractivity contribution is 7.98. The van der Waals surface area contributed by atoms with Crippen LogP contribution in [-0.2, 0) is 15.3 Å². The first kappa shape index (κ1) is 14.4. The number of thioether (sulfide) groups is 1. The summed E-state index contributed by atoms with van der Waals surface area (Å²) in [6, 6.07) is 2.20. The SMILES string of the molecule is O=CNC(CSCc1ccc(F)cc1F)C(=O)O. The Kier molecular flexibility index (Phi) is 5.57. The summed E-state index contributed by atoms with van der Waals surface area (Å²) in [6.07, 6.45) is 0.303. The molecule has 0 aliphatic carbocycles. The van der Waals surface area contributed by atoms with Crippen LogP contribution in [0.25, 0.3) is 0 Å². The molecule has 0 aliphatic rings. The predicted octanol–water partition coefficient (Wildman–Crippen LogP) is 1.40. The van der Waals surface area contributed by atoms with Crippen molar-refractivity contribution in [1.29, 1.82) is 0 Å². The van der Waals surface area contributed by atoms with Crippen molar-refractivity contribution in [2.24, 2.45) is 0 Å². The minimum Gasteiger partial charge on any atom is -0.480 e. The summed E-state index contributed by atoms with van der Waals surface area (Å²) < 4.78 is 25.9. The van der Waals surface area contributed by atoms with Gasteiger partial charge in [-0.1, -0.05) is 6.07 Å². The van der Waals surface area contributed by atoms with Crippen LogP contribution in [0, 0.1) is 11.6 Å². The minimum absolute atomic E-state index is 0.102. The highest BCUT2D eigenvalue weighted by Gasteiger charge is 2.16. The zero-order valence-corrected chi connectivity index (χ0v) is 10.0. The van der Waals surface area contributed by atoms with E-state index < -0.39 is 23.6 Å². The Morgan fingerprint density at radius 3 is 2.78 bits per heavy atom. The summed E-state index contributed by atoms with van der Waals surface area (Å²) in [5.74, 6) is -2.18. The molecule has 0 heterocycles. The molecule has 2 N–H and O–H groups in total. The van der Waals surface area contributed by atoms with E-state index in [0.717, 1.165) is 23.9 Å². The number of hydrogen-bond donors (Lipinski definition) is 2. The first-order chi connectivity index (χ1) is 8.54. The molecule has 1 unspecified atom stereocenters. The fourth-order valence-electron chi connectivity index (χ4n) is 1.20. The average Bonchev–Trinajstić information content (AvgIpc) is 2.30. The summed E-state index contributed by atoms with van der Waals surface area (Å²) in [4.78, 5) is 20.8. The van der Waals surface area contributed by atoms with Gasteiger partial charge in [-0.2, -0.15) is 11.8 Å². The molecule has 0 bridgehead atoms. The van der Waals surface area contributed by atoms with Crippen molar-refractivity contribution < 1.29 is 23.5 Å². The number of hydrogen-bond acceptors (Lipinski definition) is 3. The fraction of sp³-hybridized carbons (Fsp3) is 0.273. The number of amides is 1. The molecule has 1 aromatic carbocycles. The highest BCUT2D eigenvalue weighted by atomic mass is 32.2. The van der Waals surface area contributed by atoms with Gasteiger partial charge in [0.1, 0.15) is 17.7 Å². The van der Waals surface area contributed by atoms with Gasteiger partial charge in [0, 0.05) is 17.6 Å². The lowest BCUT2D eigenvalue weighted by molar-refractivity contribution is -0.139. The van der Waals surface area contributed by atoms with Crippen molar-refractivity contribution in [2.45, 2.75) is 11.8 Å². The van der Waals surface area contributed by atoms with E-state index >= 15 is 0 Å². The molecule has 0 fully saturated rings. The summed E-state index contributed by atoms with van der Waals surface area (Å²) in [5.41, 5.74) is 0.289. The third-order valence-electron chi connectivity index (χ3n) is 2.12. The molecule has 0 radical (unpaired) electrons. The van der Waals surface area contributed by atoms with Gasteiger partial charge >= 0.3 is 5.97 Å². The highest BCUT2D eigenvalue weighted by Crippen LogP contribution is 2.17. The maximum Gasteiger partial charge on any atom is 0.327 e. The van der Waals surface area contributed by atoms with Gasteiger partial charge in [0.25, 0.3) is 0 Å². The monoisotopic (exact) mass is 275 g/mol. The smallest absolute Gasteiger partial charge is 0.327 e. The normalized spacial score (nSPS) is 11.9. The Labute approximate surface area is 106 Å². The van der Waals surface area contributed by atoms with Gasteiger partial charge in [0.2, 0.25) is 6.41 Å². The number of carbonyl (C=O) groups is 2. The van der Waals surface area contributed by atoms with Crippen LogP contribution in [0.5, 0.6) is 0 Å². The molecule has 1 aromatic rings. The Hall–Kier alpha value is -1.63. The third-order valence-corrected chi connectivity index (χ3v) is 3.21. The standard InChI is InChI=1S/C11H11F2NO3S/c12-8-2-1-7(9(13)3-8)4-18-5-10(11(16)17)14-6-15/h1-3,6,10H,4-5H2,(H,14,15)(H,16,17). The number of carbonyl (C=O) groups excluding carboxylic acids is 1. The van der Waals surface area contributed by atoms with Crippen molar-refractivity contribution in [3.63, 3.8) is 0 Å². The molecule has 0 aliphatic heterocycles. The lowest BCUT2D eigenvalue weighted by Gasteiger charge is -2.10. The minimum atomic E-state index is -1.16. The summed E-state index contributed by atoms with van der Waals surface area (Å²) >= 11 is 1.14. The fourth-order valence-corrected chi connectivity index (χ4v) is 2.24. The first-order valence-corrected chi connectivity index (χ1v) is 6.14. The van der Waals surface area contributed by atoms with Gasteiger partial charge in [-0.15, -0.1) is 0 Å². The van der Waals surface area contributed by atoms with Gasteiger partial charge in [-0.25, -0.2) is 13.6 Å². The second-order valence-electron chi connectivity index (χ2n) is 3.43. The van der Waals surface area contributed by atoms with E-state index in [4.69, 9.17) is 5.11 Å². The van der Waals surface area contributed by atoms with E-state index in [1.54, 1.807) is 0 Å². The summed E-state index contributed by atoms with van der Waals surface area (Å²) in [5, 5.41) is 10.9. The number of benzene rings is 1. The Balaban J connectivity index is 2.49. The lowest BCUT2D eigenvalue weighted by Crippen LogP contribution is -2.37. The van der Waals surface area contributed by atoms with Gasteiger partial charge < -0.3 is 10.4 Å². The largest absolute Gasteiger partial charge is 0.480 e. The average molecular weight is 275 g/mol. The van der Waals surface area contributed by atoms with E-state index in [0.29, 0.717) is 6.41 Å². The van der Waals surface area contributed by atoms with E-state index in [2.05, 4.69) is 5.32 Å². The maximum absolute atomic E-state index is 13.2. The molecule has 7 heteroatoms. The Morgan fingerprint density at radius 2 is 2.22 bits per heavy atom. The number of halogens is 2. The van der Waals surface area contributed by atoms with E-state index in [1.165, 1.54) is 6.07 Å². The molecule has 98 valence electrons. The van der Waals surface area contributed by atoms with Crippen molar-refractivity contribution in [2.75, 3.05) is 5.75 Å². The van der Waals surface area contributed by atoms with Crippen LogP contribution in [0.4, 0.5) is 8.78 Å². The summed E-state index contributed by atoms with van der Waals surface area (Å²) in [7, 11) is 0. The molecular weight excluding hydrogens is 264 g/mol. The van der Waals surface area contributed by atoms with Gasteiger partial charge in [0.05, 0.1) is 0 Å². The molecule has 0 aromatic heterocycles. The van der Waals surface area contributed by atoms with E-state index in [-0.39, 0.29) is 17.1 Å². The van der Waals surface area contributed by atoms with Crippen molar-refractivity contribution in [3.05, 3.63) is 35.4 Å². The predicted molar refractivity (Wildman–Crippen MR) is 63.1 cm³/mol. The Morgan fingerprint density at radius 1 is 1.50 bits per heavy atom. The molecule has 0 saturated carbocycles. The molecule has 0 spiro atoms. The number of rotatable bonds is 7. The van der Waals surface area contributed by atoms with Crippen molar-refractivity contribution in [3.8, 4) is 0 Å². The van der Waals surface area contributed by atoms with Crippen molar-refractivity contribution >= 4 is 24.1 Å². The maximum atomic E-state index is 13.2. The zero-order chi connectivity index (χ0) is 13.5. The molecule has 1 amide bonds. The topological polar surface area (TPSA) is 66.4 Å². The van der Waals surface area contributed by atoms with Gasteiger partial charge in [-0.3, -0.25) is 4.79 Å². The van der Waals surface area contributed by atoms with Crippen LogP contribution in [0.15, 0.2) is 18.2 Å². The zero-order valence-electron chi connectivity index (χ0n) is 9.23. The molecule has 4 nitrogen and oxygen atoms in total. The molecule has 18 heavy (non-hydrogen) atoms. The second kappa shape index (κ2) is 6.95. The van der Waals surface area contributed by atoms with E-state index in [1.807, 2.05) is 0 Å². The van der Waals surface area contributed by atoms with Gasteiger partial charge in [0.15, 0.2) is 0 Å². The summed E-state index contributed by atoms with van der Waals surface area (Å²) in [6.45, 7) is 0. The quantitative estimate of drug-likeness (QED) is 0.738. The van der Waals surface area contributed by atoms with E-state index in [9.17, 15) is 18.4 Å². The van der Waals surface area contributed by atoms with Crippen LogP contribution in [0.2, 0.25) is 0 Å². The molecule has 1 atom stereocenters. The van der Waals surface area contributed by atoms with Crippen molar-refractivity contribution in [1.82, 2.24) is 5.32 Å². The molecule has 0 saturated heterocycles. The number of carboxylic acid groups (broad SMARTS) is 1. The first-order valence-electron chi connectivity index (χ1n) is 4.98. The molecule has 1 rings (SSSR count). The van der Waals surface area contributed by atoms with Gasteiger partial charge in [-0.05, 0) is 11.6 Å². The van der Waals surface area contributed by atoms with Crippen LogP contribution < -0.4 is 5.32 Å². The Bertz CT molecular complexity index is 442. The van der Waals surface area contributed by atoms with Crippen LogP contribution in [0.3, 0.4) is 0 Å². The number of aliphatic carboxylic acids is 1. The second-order valence-corrected chi connectivity index (χ2v) is 4.46. The van der Waals surface area contributed by atoms with Crippen LogP contribution >= 0.6 is 11.8 Å². The molecular formula is C11H11F2NO3S. The van der Waals surface area contributed by atoms with Crippen LogP contribution in [0.1, 0.15) is 5.56 Å². The lowest BCUT2D eigenvalue weighted by atomic mass is 10.2. The van der Waals surface area contributed by atoms with Crippen LogP contribution in [-0.4, -0.2) is 29.3 Å². The number of carboxylic acids is 1.